The summed E-state index contributed by atoms with van der Waals surface area (Å²) in [5.74, 6) is 2.03. The van der Waals surface area contributed by atoms with Gasteiger partial charge in [-0.05, 0) is 25.7 Å². The van der Waals surface area contributed by atoms with Crippen LogP contribution in [0.15, 0.2) is 21.3 Å². The van der Waals surface area contributed by atoms with Crippen molar-refractivity contribution in [3.05, 3.63) is 28.3 Å². The van der Waals surface area contributed by atoms with Crippen LogP contribution in [0.2, 0.25) is 0 Å². The van der Waals surface area contributed by atoms with Crippen LogP contribution in [0, 0.1) is 12.8 Å². The zero-order chi connectivity index (χ0) is 14.8. The first kappa shape index (κ1) is 14.2. The van der Waals surface area contributed by atoms with Crippen molar-refractivity contribution in [2.24, 2.45) is 5.92 Å². The molecule has 114 valence electrons. The molecular formula is C16H21NO4. The van der Waals surface area contributed by atoms with Crippen LogP contribution >= 0.6 is 0 Å². The molecule has 2 aliphatic rings. The Morgan fingerprint density at radius 1 is 1.29 bits per heavy atom. The van der Waals surface area contributed by atoms with E-state index in [2.05, 4.69) is 0 Å². The van der Waals surface area contributed by atoms with Crippen molar-refractivity contribution in [3.8, 4) is 5.75 Å². The average molecular weight is 291 g/mol. The molecule has 0 atom stereocenters. The first-order chi connectivity index (χ1) is 10.1. The molecule has 0 unspecified atom stereocenters. The first-order valence-corrected chi connectivity index (χ1v) is 7.66. The summed E-state index contributed by atoms with van der Waals surface area (Å²) < 4.78 is 10.8. The van der Waals surface area contributed by atoms with Crippen molar-refractivity contribution >= 4 is 5.91 Å². The molecule has 0 radical (unpaired) electrons. The first-order valence-electron chi connectivity index (χ1n) is 7.66. The summed E-state index contributed by atoms with van der Waals surface area (Å²) in [7, 11) is 0. The highest BCUT2D eigenvalue weighted by atomic mass is 16.5. The molecule has 0 bridgehead atoms. The fourth-order valence-electron chi connectivity index (χ4n) is 2.76. The quantitative estimate of drug-likeness (QED) is 0.852. The number of piperidine rings is 1. The fourth-order valence-corrected chi connectivity index (χ4v) is 2.76. The molecule has 1 saturated carbocycles. The van der Waals surface area contributed by atoms with Crippen LogP contribution in [0.4, 0.5) is 0 Å². The fraction of sp³-hybridized carbons (Fsp3) is 0.625. The molecule has 1 aliphatic heterocycles. The molecule has 1 aromatic heterocycles. The number of carbonyl (C=O) groups excluding carboxylic acids is 1. The monoisotopic (exact) mass is 291 g/mol. The van der Waals surface area contributed by atoms with Crippen molar-refractivity contribution in [1.29, 1.82) is 0 Å². The second-order valence-corrected chi connectivity index (χ2v) is 6.07. The highest BCUT2D eigenvalue weighted by Crippen LogP contribution is 2.33. The van der Waals surface area contributed by atoms with E-state index in [0.717, 1.165) is 25.9 Å². The second kappa shape index (κ2) is 5.92. The second-order valence-electron chi connectivity index (χ2n) is 6.07. The lowest BCUT2D eigenvalue weighted by atomic mass is 10.1. The molecule has 5 heteroatoms. The Bertz CT molecular complexity index is 568. The molecule has 0 spiro atoms. The Morgan fingerprint density at radius 2 is 2.00 bits per heavy atom. The summed E-state index contributed by atoms with van der Waals surface area (Å²) in [4.78, 5) is 25.3. The minimum Gasteiger partial charge on any atom is -0.490 e. The SMILES string of the molecule is Cc1cc(OC2CCN(C(=O)CC3CC3)CC2)cc(=O)o1. The number of amides is 1. The van der Waals surface area contributed by atoms with E-state index in [4.69, 9.17) is 9.15 Å². The van der Waals surface area contributed by atoms with Gasteiger partial charge in [0, 0.05) is 38.4 Å². The van der Waals surface area contributed by atoms with Crippen molar-refractivity contribution in [3.63, 3.8) is 0 Å². The van der Waals surface area contributed by atoms with Crippen LogP contribution in [0.1, 0.15) is 37.9 Å². The summed E-state index contributed by atoms with van der Waals surface area (Å²) in [6, 6.07) is 3.10. The Balaban J connectivity index is 1.50. The molecule has 21 heavy (non-hydrogen) atoms. The third kappa shape index (κ3) is 3.86. The lowest BCUT2D eigenvalue weighted by Gasteiger charge is -2.32. The van der Waals surface area contributed by atoms with Crippen molar-refractivity contribution < 1.29 is 13.9 Å². The van der Waals surface area contributed by atoms with Crippen molar-refractivity contribution in [2.45, 2.75) is 45.1 Å². The van der Waals surface area contributed by atoms with E-state index in [1.54, 1.807) is 13.0 Å². The topological polar surface area (TPSA) is 59.8 Å². The number of rotatable bonds is 4. The van der Waals surface area contributed by atoms with E-state index in [-0.39, 0.29) is 17.6 Å². The molecule has 0 N–H and O–H groups in total. The minimum atomic E-state index is -0.387. The molecule has 0 aromatic carbocycles. The summed E-state index contributed by atoms with van der Waals surface area (Å²) in [6.07, 6.45) is 4.83. The van der Waals surface area contributed by atoms with Gasteiger partial charge in [0.25, 0.3) is 0 Å². The van der Waals surface area contributed by atoms with Crippen LogP contribution < -0.4 is 10.4 Å². The van der Waals surface area contributed by atoms with Gasteiger partial charge < -0.3 is 14.1 Å². The van der Waals surface area contributed by atoms with E-state index < -0.39 is 0 Å². The average Bonchev–Trinajstić information content (AvgIpc) is 3.22. The van der Waals surface area contributed by atoms with Gasteiger partial charge in [0.05, 0.1) is 6.07 Å². The molecule has 5 nitrogen and oxygen atoms in total. The van der Waals surface area contributed by atoms with Crippen LogP contribution in [0.5, 0.6) is 5.75 Å². The van der Waals surface area contributed by atoms with Gasteiger partial charge in [-0.25, -0.2) is 4.79 Å². The number of carbonyl (C=O) groups is 1. The number of hydrogen-bond acceptors (Lipinski definition) is 4. The van der Waals surface area contributed by atoms with Gasteiger partial charge in [-0.2, -0.15) is 0 Å². The highest BCUT2D eigenvalue weighted by Gasteiger charge is 2.29. The summed E-state index contributed by atoms with van der Waals surface area (Å²) in [5, 5.41) is 0. The highest BCUT2D eigenvalue weighted by molar-refractivity contribution is 5.76. The van der Waals surface area contributed by atoms with E-state index in [1.807, 2.05) is 4.90 Å². The third-order valence-electron chi connectivity index (χ3n) is 4.12. The molecule has 1 aliphatic carbocycles. The zero-order valence-corrected chi connectivity index (χ0v) is 12.3. The van der Waals surface area contributed by atoms with Gasteiger partial charge in [0.2, 0.25) is 5.91 Å². The van der Waals surface area contributed by atoms with Crippen LogP contribution in [0.3, 0.4) is 0 Å². The normalized spacial score (nSPS) is 19.6. The maximum Gasteiger partial charge on any atom is 0.339 e. The number of aryl methyl sites for hydroxylation is 1. The van der Waals surface area contributed by atoms with Gasteiger partial charge in [-0.15, -0.1) is 0 Å². The molecule has 1 saturated heterocycles. The van der Waals surface area contributed by atoms with Gasteiger partial charge in [0.15, 0.2) is 0 Å². The molecule has 1 aromatic rings. The van der Waals surface area contributed by atoms with E-state index >= 15 is 0 Å². The Morgan fingerprint density at radius 3 is 2.62 bits per heavy atom. The number of ether oxygens (including phenoxy) is 1. The predicted octanol–water partition coefficient (Wildman–Crippen LogP) is 2.12. The summed E-state index contributed by atoms with van der Waals surface area (Å²) in [6.45, 7) is 3.22. The van der Waals surface area contributed by atoms with Crippen LogP contribution in [-0.4, -0.2) is 30.0 Å². The number of likely N-dealkylation sites (tertiary alicyclic amines) is 1. The zero-order valence-electron chi connectivity index (χ0n) is 12.3. The van der Waals surface area contributed by atoms with E-state index in [9.17, 15) is 9.59 Å². The molecule has 2 fully saturated rings. The Kier molecular flexibility index (Phi) is 3.99. The van der Waals surface area contributed by atoms with Gasteiger partial charge >= 0.3 is 5.63 Å². The number of nitrogens with zero attached hydrogens (tertiary/aromatic N) is 1. The predicted molar refractivity (Wildman–Crippen MR) is 77.3 cm³/mol. The molecule has 2 heterocycles. The van der Waals surface area contributed by atoms with Gasteiger partial charge in [-0.3, -0.25) is 4.79 Å². The Labute approximate surface area is 123 Å². The lowest BCUT2D eigenvalue weighted by Crippen LogP contribution is -2.41. The molecule has 1 amide bonds. The maximum absolute atomic E-state index is 12.0. The van der Waals surface area contributed by atoms with Gasteiger partial charge in [0.1, 0.15) is 17.6 Å². The lowest BCUT2D eigenvalue weighted by molar-refractivity contribution is -0.133. The minimum absolute atomic E-state index is 0.0659. The number of hydrogen-bond donors (Lipinski definition) is 0. The largest absolute Gasteiger partial charge is 0.490 e. The van der Waals surface area contributed by atoms with E-state index in [0.29, 0.717) is 23.8 Å². The van der Waals surface area contributed by atoms with Crippen LogP contribution in [-0.2, 0) is 4.79 Å². The van der Waals surface area contributed by atoms with Gasteiger partial charge in [-0.1, -0.05) is 0 Å². The van der Waals surface area contributed by atoms with Crippen LogP contribution in [0.25, 0.3) is 0 Å². The molecular weight excluding hydrogens is 270 g/mol. The molecule has 3 rings (SSSR count). The smallest absolute Gasteiger partial charge is 0.339 e. The standard InChI is InChI=1S/C16H21NO4/c1-11-8-14(10-16(19)20-11)21-13-4-6-17(7-5-13)15(18)9-12-2-3-12/h8,10,12-13H,2-7,9H2,1H3. The summed E-state index contributed by atoms with van der Waals surface area (Å²) >= 11 is 0. The third-order valence-corrected chi connectivity index (χ3v) is 4.12. The maximum atomic E-state index is 12.0. The van der Waals surface area contributed by atoms with Crippen molar-refractivity contribution in [2.75, 3.05) is 13.1 Å². The summed E-state index contributed by atoms with van der Waals surface area (Å²) in [5.41, 5.74) is -0.387. The Hall–Kier alpha value is -1.78. The van der Waals surface area contributed by atoms with Crippen molar-refractivity contribution in [1.82, 2.24) is 4.90 Å². The van der Waals surface area contributed by atoms with E-state index in [1.165, 1.54) is 18.9 Å².